The monoisotopic (exact) mass is 378 g/mol. The molecule has 148 valence electrons. The van der Waals surface area contributed by atoms with E-state index in [-0.39, 0.29) is 0 Å². The van der Waals surface area contributed by atoms with Gasteiger partial charge >= 0.3 is 0 Å². The Kier molecular flexibility index (Phi) is 7.41. The largest absolute Gasteiger partial charge is 0.357 e. The summed E-state index contributed by atoms with van der Waals surface area (Å²) in [5, 5.41) is 15.3. The Hall–Kier alpha value is -2.89. The van der Waals surface area contributed by atoms with Crippen LogP contribution >= 0.6 is 0 Å². The lowest BCUT2D eigenvalue weighted by molar-refractivity contribution is 0.592. The first-order chi connectivity index (χ1) is 13.8. The van der Waals surface area contributed by atoms with E-state index in [4.69, 9.17) is 4.99 Å². The molecule has 1 unspecified atom stereocenters. The second-order valence-corrected chi connectivity index (χ2v) is 6.98. The van der Waals surface area contributed by atoms with Crippen LogP contribution in [0.4, 0.5) is 0 Å². The van der Waals surface area contributed by atoms with Crippen molar-refractivity contribution in [2.45, 2.75) is 45.6 Å². The van der Waals surface area contributed by atoms with Crippen LogP contribution in [0, 0.1) is 0 Å². The van der Waals surface area contributed by atoms with Gasteiger partial charge in [-0.1, -0.05) is 36.4 Å². The van der Waals surface area contributed by atoms with Crippen molar-refractivity contribution in [3.8, 4) is 0 Å². The Labute approximate surface area is 167 Å². The fourth-order valence-corrected chi connectivity index (χ4v) is 3.14. The summed E-state index contributed by atoms with van der Waals surface area (Å²) in [6.07, 6.45) is 5.94. The maximum absolute atomic E-state index is 4.72. The minimum atomic E-state index is 0.360. The number of nitrogens with zero attached hydrogens (tertiary/aromatic N) is 4. The molecule has 2 N–H and O–H groups in total. The molecule has 6 heteroatoms. The second kappa shape index (κ2) is 10.4. The Morgan fingerprint density at radius 1 is 1.07 bits per heavy atom. The van der Waals surface area contributed by atoms with E-state index >= 15 is 0 Å². The third-order valence-corrected chi connectivity index (χ3v) is 4.65. The number of benzene rings is 1. The summed E-state index contributed by atoms with van der Waals surface area (Å²) in [5.74, 6) is 1.87. The van der Waals surface area contributed by atoms with Gasteiger partial charge in [-0.25, -0.2) is 0 Å². The average molecular weight is 379 g/mol. The van der Waals surface area contributed by atoms with Gasteiger partial charge in [0.25, 0.3) is 0 Å². The number of aliphatic imine (C=N–C) groups is 1. The molecule has 0 aliphatic carbocycles. The molecule has 0 aliphatic rings. The number of nitrogens with one attached hydrogen (secondary N) is 2. The van der Waals surface area contributed by atoms with Gasteiger partial charge < -0.3 is 10.6 Å². The summed E-state index contributed by atoms with van der Waals surface area (Å²) in [4.78, 5) is 4.72. The van der Waals surface area contributed by atoms with Crippen LogP contribution < -0.4 is 10.6 Å². The molecule has 0 bridgehead atoms. The number of fused-ring (bicyclic) bond motifs is 1. The van der Waals surface area contributed by atoms with Crippen LogP contribution in [0.5, 0.6) is 0 Å². The Balaban J connectivity index is 1.46. The number of hydrogen-bond donors (Lipinski definition) is 2. The molecular formula is C22H30N6. The van der Waals surface area contributed by atoms with Gasteiger partial charge in [0.1, 0.15) is 5.82 Å². The van der Waals surface area contributed by atoms with E-state index in [0.717, 1.165) is 56.2 Å². The highest BCUT2D eigenvalue weighted by molar-refractivity contribution is 5.80. The van der Waals surface area contributed by atoms with Crippen LogP contribution in [-0.4, -0.2) is 39.7 Å². The van der Waals surface area contributed by atoms with Crippen LogP contribution in [0.15, 0.2) is 59.7 Å². The minimum Gasteiger partial charge on any atom is -0.357 e. The van der Waals surface area contributed by atoms with Crippen molar-refractivity contribution in [3.63, 3.8) is 0 Å². The predicted octanol–water partition coefficient (Wildman–Crippen LogP) is 3.24. The van der Waals surface area contributed by atoms with E-state index < -0.39 is 0 Å². The van der Waals surface area contributed by atoms with Crippen molar-refractivity contribution < 1.29 is 0 Å². The third kappa shape index (κ3) is 5.81. The van der Waals surface area contributed by atoms with Gasteiger partial charge in [-0.05, 0) is 50.8 Å². The van der Waals surface area contributed by atoms with Crippen LogP contribution in [0.25, 0.3) is 5.65 Å². The lowest BCUT2D eigenvalue weighted by atomic mass is 10.1. The lowest BCUT2D eigenvalue weighted by Crippen LogP contribution is -2.42. The maximum atomic E-state index is 4.72. The molecule has 0 saturated carbocycles. The highest BCUT2D eigenvalue weighted by Crippen LogP contribution is 2.06. The summed E-state index contributed by atoms with van der Waals surface area (Å²) in [5.41, 5.74) is 2.27. The minimum absolute atomic E-state index is 0.360. The number of pyridine rings is 1. The Morgan fingerprint density at radius 3 is 2.71 bits per heavy atom. The Morgan fingerprint density at radius 2 is 1.89 bits per heavy atom. The summed E-state index contributed by atoms with van der Waals surface area (Å²) in [6, 6.07) is 16.9. The standard InChI is InChI=1S/C22H30N6/c1-3-23-22(25-18(2)14-15-19-10-5-4-6-11-19)24-16-9-13-21-27-26-20-12-7-8-17-28(20)21/h4-8,10-12,17-18H,3,9,13-16H2,1-2H3,(H2,23,24,25). The van der Waals surface area contributed by atoms with Crippen molar-refractivity contribution in [1.82, 2.24) is 25.2 Å². The van der Waals surface area contributed by atoms with E-state index in [0.29, 0.717) is 6.04 Å². The molecule has 0 amide bonds. The number of aromatic nitrogens is 3. The molecule has 1 atom stereocenters. The van der Waals surface area contributed by atoms with E-state index in [9.17, 15) is 0 Å². The van der Waals surface area contributed by atoms with Crippen molar-refractivity contribution in [2.75, 3.05) is 13.1 Å². The zero-order valence-electron chi connectivity index (χ0n) is 16.8. The highest BCUT2D eigenvalue weighted by atomic mass is 15.2. The molecule has 0 fully saturated rings. The van der Waals surface area contributed by atoms with E-state index in [2.05, 4.69) is 65.0 Å². The molecule has 0 aliphatic heterocycles. The SMILES string of the molecule is CCNC(=NCCCc1nnc2ccccn12)NC(C)CCc1ccccc1. The summed E-state index contributed by atoms with van der Waals surface area (Å²) < 4.78 is 2.04. The van der Waals surface area contributed by atoms with Gasteiger partial charge in [0.05, 0.1) is 0 Å². The van der Waals surface area contributed by atoms with Gasteiger partial charge in [0.15, 0.2) is 11.6 Å². The van der Waals surface area contributed by atoms with Crippen LogP contribution in [0.1, 0.15) is 38.1 Å². The smallest absolute Gasteiger partial charge is 0.191 e. The molecule has 0 radical (unpaired) electrons. The first-order valence-corrected chi connectivity index (χ1v) is 10.1. The van der Waals surface area contributed by atoms with Gasteiger partial charge in [0, 0.05) is 31.7 Å². The van der Waals surface area contributed by atoms with Crippen molar-refractivity contribution in [1.29, 1.82) is 0 Å². The summed E-state index contributed by atoms with van der Waals surface area (Å²) in [6.45, 7) is 5.90. The molecular weight excluding hydrogens is 348 g/mol. The molecule has 1 aromatic carbocycles. The van der Waals surface area contributed by atoms with Crippen LogP contribution in [0.2, 0.25) is 0 Å². The van der Waals surface area contributed by atoms with E-state index in [1.54, 1.807) is 0 Å². The quantitative estimate of drug-likeness (QED) is 0.341. The van der Waals surface area contributed by atoms with Crippen LogP contribution in [-0.2, 0) is 12.8 Å². The molecule has 0 saturated heterocycles. The molecule has 6 nitrogen and oxygen atoms in total. The van der Waals surface area contributed by atoms with Gasteiger partial charge in [0.2, 0.25) is 0 Å². The molecule has 0 spiro atoms. The van der Waals surface area contributed by atoms with Crippen molar-refractivity contribution in [3.05, 3.63) is 66.1 Å². The maximum Gasteiger partial charge on any atom is 0.191 e. The van der Waals surface area contributed by atoms with E-state index in [1.165, 1.54) is 5.56 Å². The molecule has 2 heterocycles. The highest BCUT2D eigenvalue weighted by Gasteiger charge is 2.07. The predicted molar refractivity (Wildman–Crippen MR) is 115 cm³/mol. The molecule has 28 heavy (non-hydrogen) atoms. The summed E-state index contributed by atoms with van der Waals surface area (Å²) >= 11 is 0. The van der Waals surface area contributed by atoms with Gasteiger partial charge in [-0.15, -0.1) is 10.2 Å². The molecule has 3 aromatic rings. The fourth-order valence-electron chi connectivity index (χ4n) is 3.14. The Bertz CT molecular complexity index is 871. The molecule has 3 rings (SSSR count). The van der Waals surface area contributed by atoms with Crippen molar-refractivity contribution in [2.24, 2.45) is 4.99 Å². The first-order valence-electron chi connectivity index (χ1n) is 10.1. The first kappa shape index (κ1) is 19.9. The number of hydrogen-bond acceptors (Lipinski definition) is 3. The van der Waals surface area contributed by atoms with Gasteiger partial charge in [-0.2, -0.15) is 0 Å². The molecule has 2 aromatic heterocycles. The summed E-state index contributed by atoms with van der Waals surface area (Å²) in [7, 11) is 0. The second-order valence-electron chi connectivity index (χ2n) is 6.98. The third-order valence-electron chi connectivity index (χ3n) is 4.65. The van der Waals surface area contributed by atoms with Crippen LogP contribution in [0.3, 0.4) is 0 Å². The average Bonchev–Trinajstić information content (AvgIpc) is 3.14. The zero-order valence-corrected chi connectivity index (χ0v) is 16.8. The van der Waals surface area contributed by atoms with Crippen molar-refractivity contribution >= 4 is 11.6 Å². The fraction of sp³-hybridized carbons (Fsp3) is 0.409. The number of guanidine groups is 1. The number of rotatable bonds is 9. The number of aryl methyl sites for hydroxylation is 2. The van der Waals surface area contributed by atoms with Gasteiger partial charge in [-0.3, -0.25) is 9.39 Å². The topological polar surface area (TPSA) is 66.6 Å². The van der Waals surface area contributed by atoms with E-state index in [1.807, 2.05) is 28.8 Å². The lowest BCUT2D eigenvalue weighted by Gasteiger charge is -2.18. The normalized spacial score (nSPS) is 12.9. The zero-order chi connectivity index (χ0) is 19.6.